The van der Waals surface area contributed by atoms with Crippen molar-refractivity contribution in [1.82, 2.24) is 0 Å². The summed E-state index contributed by atoms with van der Waals surface area (Å²) in [6, 6.07) is 0. The summed E-state index contributed by atoms with van der Waals surface area (Å²) in [4.78, 5) is 31.0. The summed E-state index contributed by atoms with van der Waals surface area (Å²) in [6.07, 6.45) is 15.1. The number of hydrogen-bond donors (Lipinski definition) is 7. The number of ether oxygens (including phenoxy) is 1. The Hall–Kier alpha value is 0.100. The molecule has 0 spiro atoms. The first-order valence-electron chi connectivity index (χ1n) is 13.9. The Balaban J connectivity index is 0. The molecule has 0 aromatic carbocycles. The summed E-state index contributed by atoms with van der Waals surface area (Å²) in [5.74, 6) is 1.57. The van der Waals surface area contributed by atoms with Crippen LogP contribution < -0.4 is 0 Å². The molecule has 11 nitrogen and oxygen atoms in total. The molecule has 38 heavy (non-hydrogen) atoms. The second kappa shape index (κ2) is 22.8. The van der Waals surface area contributed by atoms with Crippen LogP contribution in [0.4, 0.5) is 0 Å². The van der Waals surface area contributed by atoms with Crippen molar-refractivity contribution in [3.05, 3.63) is 0 Å². The fourth-order valence-corrected chi connectivity index (χ4v) is 5.09. The molecule has 7 N–H and O–H groups in total. The van der Waals surface area contributed by atoms with E-state index in [2.05, 4.69) is 32.0 Å². The zero-order valence-electron chi connectivity index (χ0n) is 23.9. The molecule has 0 saturated heterocycles. The zero-order chi connectivity index (χ0) is 29.7. The molecule has 0 fully saturated rings. The van der Waals surface area contributed by atoms with Crippen LogP contribution in [0.25, 0.3) is 0 Å². The monoisotopic (exact) mass is 594 g/mol. The first-order valence-corrected chi connectivity index (χ1v) is 16.9. The second-order valence-corrected chi connectivity index (χ2v) is 13.6. The molecule has 0 saturated carbocycles. The van der Waals surface area contributed by atoms with Crippen molar-refractivity contribution in [1.29, 1.82) is 0 Å². The van der Waals surface area contributed by atoms with Crippen LogP contribution in [-0.4, -0.2) is 67.4 Å². The number of phosphoric acid groups is 2. The van der Waals surface area contributed by atoms with E-state index >= 15 is 0 Å². The smallest absolute Gasteiger partial charge is 0.396 e. The summed E-state index contributed by atoms with van der Waals surface area (Å²) in [5, 5.41) is 29.4. The number of hydrogen-bond acceptors (Lipinski definition) is 7. The van der Waals surface area contributed by atoms with Crippen LogP contribution in [-0.2, 0) is 18.2 Å². The van der Waals surface area contributed by atoms with Crippen molar-refractivity contribution in [2.45, 2.75) is 117 Å². The lowest BCUT2D eigenvalue weighted by molar-refractivity contribution is -0.117. The average molecular weight is 595 g/mol. The summed E-state index contributed by atoms with van der Waals surface area (Å²) in [5.41, 5.74) is -0.936. The van der Waals surface area contributed by atoms with Gasteiger partial charge in [-0.3, -0.25) is 0 Å². The molecule has 1 unspecified atom stereocenters. The highest BCUT2D eigenvalue weighted by Gasteiger charge is 2.38. The maximum Gasteiger partial charge on any atom is 0.478 e. The van der Waals surface area contributed by atoms with Crippen molar-refractivity contribution in [2.75, 3.05) is 26.4 Å². The largest absolute Gasteiger partial charge is 0.478 e. The van der Waals surface area contributed by atoms with Gasteiger partial charge in [-0.05, 0) is 24.7 Å². The van der Waals surface area contributed by atoms with E-state index < -0.39 is 21.1 Å². The Labute approximate surface area is 229 Å². The molecule has 13 heteroatoms. The summed E-state index contributed by atoms with van der Waals surface area (Å²) in [7, 11) is -10.1. The Morgan fingerprint density at radius 2 is 0.921 bits per heavy atom. The van der Waals surface area contributed by atoms with Gasteiger partial charge in [-0.25, -0.2) is 9.13 Å². The van der Waals surface area contributed by atoms with Crippen molar-refractivity contribution in [3.63, 3.8) is 0 Å². The fraction of sp³-hybridized carbons (Fsp3) is 1.00. The minimum absolute atomic E-state index is 0.242. The van der Waals surface area contributed by atoms with Crippen molar-refractivity contribution < 1.29 is 53.1 Å². The van der Waals surface area contributed by atoms with Crippen LogP contribution in [0.5, 0.6) is 0 Å². The predicted molar refractivity (Wildman–Crippen MR) is 148 cm³/mol. The topological polar surface area (TPSA) is 194 Å². The third-order valence-electron chi connectivity index (χ3n) is 6.33. The van der Waals surface area contributed by atoms with Crippen molar-refractivity contribution in [3.8, 4) is 0 Å². The highest BCUT2D eigenvalue weighted by Crippen LogP contribution is 2.53. The standard InChI is InChI=1S/C25H52O4.H4O7P2/c1-22(2)15-11-7-5-9-13-17-24(25(19-26,20-27)21-28)29-18-14-10-6-8-12-16-23(3)4;1-8(2,3)7-9(4,5)6/h22-24,26-28H,5-21H2,1-4H3;(H2,1,2,3)(H2,4,5,6). The molecular weight excluding hydrogens is 538 g/mol. The minimum atomic E-state index is -5.05. The number of aliphatic hydroxyl groups is 3. The molecular formula is C25H56O11P2. The number of aliphatic hydroxyl groups excluding tert-OH is 3. The molecule has 0 heterocycles. The highest BCUT2D eigenvalue weighted by atomic mass is 31.3. The van der Waals surface area contributed by atoms with Gasteiger partial charge in [-0.15, -0.1) is 0 Å². The maximum atomic E-state index is 9.82. The lowest BCUT2D eigenvalue weighted by Crippen LogP contribution is -2.46. The van der Waals surface area contributed by atoms with Crippen molar-refractivity contribution >= 4 is 15.6 Å². The van der Waals surface area contributed by atoms with Crippen LogP contribution >= 0.6 is 15.6 Å². The molecule has 0 aromatic heterocycles. The predicted octanol–water partition coefficient (Wildman–Crippen LogP) is 4.91. The van der Waals surface area contributed by atoms with Crippen LogP contribution in [0.15, 0.2) is 0 Å². The molecule has 0 amide bonds. The van der Waals surface area contributed by atoms with Crippen LogP contribution in [0.3, 0.4) is 0 Å². The molecule has 0 aliphatic heterocycles. The van der Waals surface area contributed by atoms with E-state index in [0.717, 1.165) is 43.9 Å². The summed E-state index contributed by atoms with van der Waals surface area (Å²) in [6.45, 7) is 9.00. The van der Waals surface area contributed by atoms with Gasteiger partial charge in [0.2, 0.25) is 0 Å². The minimum Gasteiger partial charge on any atom is -0.396 e. The molecule has 1 atom stereocenters. The SMILES string of the molecule is CC(C)CCCCCCCOC(CCCCCCCC(C)C)C(CO)(CO)CO.O=P(O)(O)OP(=O)(O)O. The third-order valence-corrected chi connectivity index (χ3v) is 8.03. The summed E-state index contributed by atoms with van der Waals surface area (Å²) < 4.78 is 28.3. The Kier molecular flexibility index (Phi) is 24.1. The van der Waals surface area contributed by atoms with E-state index in [1.807, 2.05) is 0 Å². The van der Waals surface area contributed by atoms with Crippen LogP contribution in [0.1, 0.15) is 111 Å². The molecule has 0 aliphatic carbocycles. The number of unbranched alkanes of at least 4 members (excludes halogenated alkanes) is 8. The molecule has 0 aromatic rings. The van der Waals surface area contributed by atoms with Gasteiger partial charge < -0.3 is 39.6 Å². The normalized spacial score (nSPS) is 13.6. The first-order chi connectivity index (χ1) is 17.6. The first kappa shape index (κ1) is 40.2. The van der Waals surface area contributed by atoms with Crippen LogP contribution in [0.2, 0.25) is 0 Å². The van der Waals surface area contributed by atoms with E-state index in [-0.39, 0.29) is 25.9 Å². The van der Waals surface area contributed by atoms with E-state index in [9.17, 15) is 24.4 Å². The fourth-order valence-electron chi connectivity index (χ4n) is 3.98. The molecule has 0 bridgehead atoms. The highest BCUT2D eigenvalue weighted by molar-refractivity contribution is 7.60. The second-order valence-electron chi connectivity index (χ2n) is 10.9. The van der Waals surface area contributed by atoms with Gasteiger partial charge in [0.25, 0.3) is 0 Å². The van der Waals surface area contributed by atoms with Gasteiger partial charge in [-0.1, -0.05) is 98.3 Å². The van der Waals surface area contributed by atoms with E-state index in [1.54, 1.807) is 0 Å². The number of rotatable bonds is 23. The van der Waals surface area contributed by atoms with Gasteiger partial charge in [0.1, 0.15) is 0 Å². The van der Waals surface area contributed by atoms with Crippen LogP contribution in [0, 0.1) is 17.3 Å². The third kappa shape index (κ3) is 25.1. The zero-order valence-corrected chi connectivity index (χ0v) is 25.7. The molecule has 0 aliphatic rings. The van der Waals surface area contributed by atoms with Gasteiger partial charge in [0.05, 0.1) is 31.3 Å². The van der Waals surface area contributed by atoms with Gasteiger partial charge in [0.15, 0.2) is 0 Å². The Morgan fingerprint density at radius 3 is 1.24 bits per heavy atom. The van der Waals surface area contributed by atoms with Gasteiger partial charge in [-0.2, -0.15) is 4.31 Å². The average Bonchev–Trinajstić information content (AvgIpc) is 2.78. The molecule has 0 radical (unpaired) electrons. The van der Waals surface area contributed by atoms with Crippen molar-refractivity contribution in [2.24, 2.45) is 17.3 Å². The maximum absolute atomic E-state index is 9.82. The van der Waals surface area contributed by atoms with Gasteiger partial charge >= 0.3 is 15.6 Å². The molecule has 232 valence electrons. The molecule has 0 rings (SSSR count). The van der Waals surface area contributed by atoms with E-state index in [1.165, 1.54) is 51.4 Å². The lowest BCUT2D eigenvalue weighted by Gasteiger charge is -2.36. The Morgan fingerprint density at radius 1 is 0.579 bits per heavy atom. The van der Waals surface area contributed by atoms with Gasteiger partial charge in [0, 0.05) is 6.61 Å². The lowest BCUT2D eigenvalue weighted by atomic mass is 9.81. The van der Waals surface area contributed by atoms with E-state index in [0.29, 0.717) is 6.61 Å². The van der Waals surface area contributed by atoms with E-state index in [4.69, 9.17) is 24.3 Å². The quantitative estimate of drug-likeness (QED) is 0.0628. The Bertz CT molecular complexity index is 603. The summed E-state index contributed by atoms with van der Waals surface area (Å²) >= 11 is 0.